The lowest BCUT2D eigenvalue weighted by atomic mass is 10.2. The second-order valence-electron chi connectivity index (χ2n) is 2.83. The Balaban J connectivity index is 2.75. The molecule has 0 aromatic heterocycles. The second kappa shape index (κ2) is 4.82. The van der Waals surface area contributed by atoms with E-state index < -0.39 is 0 Å². The summed E-state index contributed by atoms with van der Waals surface area (Å²) in [5.74, 6) is 0. The van der Waals surface area contributed by atoms with Gasteiger partial charge in [-0.25, -0.2) is 0 Å². The van der Waals surface area contributed by atoms with Crippen LogP contribution in [0.25, 0.3) is 0 Å². The van der Waals surface area contributed by atoms with Crippen LogP contribution in [0, 0.1) is 6.92 Å². The minimum atomic E-state index is 0.747. The first-order valence-electron chi connectivity index (χ1n) is 3.93. The summed E-state index contributed by atoms with van der Waals surface area (Å²) in [5.41, 5.74) is 2.37. The summed E-state index contributed by atoms with van der Waals surface area (Å²) < 4.78 is 2.03. The van der Waals surface area contributed by atoms with Crippen LogP contribution in [0.2, 0.25) is 0 Å². The number of hydrogen-bond donors (Lipinski definition) is 1. The van der Waals surface area contributed by atoms with Crippen LogP contribution >= 0.6 is 31.9 Å². The lowest BCUT2D eigenvalue weighted by molar-refractivity contribution is 1.29. The van der Waals surface area contributed by atoms with E-state index in [9.17, 15) is 0 Å². The van der Waals surface area contributed by atoms with E-state index in [1.807, 2.05) is 6.07 Å². The maximum Gasteiger partial charge on any atom is 0.0460 e. The molecule has 0 amide bonds. The molecule has 1 N–H and O–H groups in total. The highest BCUT2D eigenvalue weighted by molar-refractivity contribution is 9.11. The molecule has 0 atom stereocenters. The van der Waals surface area contributed by atoms with Gasteiger partial charge in [-0.15, -0.1) is 0 Å². The largest absolute Gasteiger partial charge is 0.380 e. The molecule has 0 bridgehead atoms. The van der Waals surface area contributed by atoms with E-state index in [4.69, 9.17) is 0 Å². The highest BCUT2D eigenvalue weighted by atomic mass is 79.9. The molecular weight excluding hydrogens is 294 g/mol. The Morgan fingerprint density at radius 1 is 1.54 bits per heavy atom. The van der Waals surface area contributed by atoms with Crippen LogP contribution < -0.4 is 5.32 Å². The quantitative estimate of drug-likeness (QED) is 0.887. The predicted molar refractivity (Wildman–Crippen MR) is 65.4 cm³/mol. The monoisotopic (exact) mass is 303 g/mol. The van der Waals surface area contributed by atoms with Crippen molar-refractivity contribution in [2.75, 3.05) is 11.9 Å². The van der Waals surface area contributed by atoms with E-state index in [1.54, 1.807) is 0 Å². The topological polar surface area (TPSA) is 12.0 Å². The molecule has 1 aromatic carbocycles. The van der Waals surface area contributed by atoms with E-state index in [-0.39, 0.29) is 0 Å². The van der Waals surface area contributed by atoms with E-state index in [1.165, 1.54) is 5.56 Å². The van der Waals surface area contributed by atoms with E-state index in [0.717, 1.165) is 21.2 Å². The SMILES string of the molecule is C=C(Br)CNc1cc(Br)ccc1C. The lowest BCUT2D eigenvalue weighted by Gasteiger charge is -2.08. The van der Waals surface area contributed by atoms with Crippen molar-refractivity contribution in [2.24, 2.45) is 0 Å². The molecule has 13 heavy (non-hydrogen) atoms. The standard InChI is InChI=1S/C10H11Br2N/c1-7-3-4-9(12)5-10(7)13-6-8(2)11/h3-5,13H,2,6H2,1H3. The second-order valence-corrected chi connectivity index (χ2v) is 4.87. The van der Waals surface area contributed by atoms with Crippen molar-refractivity contribution in [3.63, 3.8) is 0 Å². The normalized spacial score (nSPS) is 9.77. The van der Waals surface area contributed by atoms with Crippen LogP contribution in [-0.4, -0.2) is 6.54 Å². The molecule has 1 aromatic rings. The van der Waals surface area contributed by atoms with Gasteiger partial charge in [0.25, 0.3) is 0 Å². The Bertz CT molecular complexity index is 321. The third kappa shape index (κ3) is 3.53. The van der Waals surface area contributed by atoms with E-state index >= 15 is 0 Å². The van der Waals surface area contributed by atoms with Gasteiger partial charge in [-0.1, -0.05) is 44.5 Å². The number of hydrogen-bond acceptors (Lipinski definition) is 1. The van der Waals surface area contributed by atoms with Crippen molar-refractivity contribution in [1.82, 2.24) is 0 Å². The highest BCUT2D eigenvalue weighted by Crippen LogP contribution is 2.20. The highest BCUT2D eigenvalue weighted by Gasteiger charge is 1.97. The Kier molecular flexibility index (Phi) is 4.00. The number of nitrogens with one attached hydrogen (secondary N) is 1. The summed E-state index contributed by atoms with van der Waals surface area (Å²) in [6, 6.07) is 6.16. The van der Waals surface area contributed by atoms with Crippen LogP contribution in [0.15, 0.2) is 33.7 Å². The fourth-order valence-corrected chi connectivity index (χ4v) is 1.48. The lowest BCUT2D eigenvalue weighted by Crippen LogP contribution is -2.01. The summed E-state index contributed by atoms with van der Waals surface area (Å²) in [6.07, 6.45) is 0. The fraction of sp³-hybridized carbons (Fsp3) is 0.200. The van der Waals surface area contributed by atoms with E-state index in [2.05, 4.69) is 62.8 Å². The number of halogens is 2. The molecular formula is C10H11Br2N. The first kappa shape index (κ1) is 10.8. The number of anilines is 1. The van der Waals surface area contributed by atoms with Gasteiger partial charge in [-0.2, -0.15) is 0 Å². The Morgan fingerprint density at radius 2 is 2.23 bits per heavy atom. The molecule has 0 saturated heterocycles. The summed E-state index contributed by atoms with van der Waals surface area (Å²) >= 11 is 6.74. The smallest absolute Gasteiger partial charge is 0.0460 e. The summed E-state index contributed by atoms with van der Waals surface area (Å²) in [7, 11) is 0. The molecule has 1 nitrogen and oxygen atoms in total. The molecule has 3 heteroatoms. The molecule has 1 rings (SSSR count). The molecule has 70 valence electrons. The minimum Gasteiger partial charge on any atom is -0.380 e. The summed E-state index contributed by atoms with van der Waals surface area (Å²) in [6.45, 7) is 6.59. The Morgan fingerprint density at radius 3 is 2.85 bits per heavy atom. The average molecular weight is 305 g/mol. The number of aryl methyl sites for hydroxylation is 1. The summed E-state index contributed by atoms with van der Waals surface area (Å²) in [5, 5.41) is 3.28. The van der Waals surface area contributed by atoms with Gasteiger partial charge >= 0.3 is 0 Å². The maximum absolute atomic E-state index is 3.76. The number of benzene rings is 1. The molecule has 0 saturated carbocycles. The van der Waals surface area contributed by atoms with Crippen molar-refractivity contribution in [2.45, 2.75) is 6.92 Å². The molecule has 0 aliphatic heterocycles. The van der Waals surface area contributed by atoms with Gasteiger partial charge < -0.3 is 5.32 Å². The summed E-state index contributed by atoms with van der Waals surface area (Å²) in [4.78, 5) is 0. The van der Waals surface area contributed by atoms with Gasteiger partial charge in [0.1, 0.15) is 0 Å². The number of rotatable bonds is 3. The molecule has 0 spiro atoms. The predicted octanol–water partition coefficient (Wildman–Crippen LogP) is 4.08. The molecule has 0 heterocycles. The molecule has 0 fully saturated rings. The van der Waals surface area contributed by atoms with Crippen molar-refractivity contribution in [3.8, 4) is 0 Å². The first-order valence-corrected chi connectivity index (χ1v) is 5.51. The third-order valence-corrected chi connectivity index (χ3v) is 2.44. The first-order chi connectivity index (χ1) is 6.09. The maximum atomic E-state index is 3.76. The fourth-order valence-electron chi connectivity index (χ4n) is 0.976. The van der Waals surface area contributed by atoms with Crippen molar-refractivity contribution in [3.05, 3.63) is 39.3 Å². The Hall–Kier alpha value is -0.280. The van der Waals surface area contributed by atoms with Gasteiger partial charge in [0.05, 0.1) is 0 Å². The van der Waals surface area contributed by atoms with Crippen LogP contribution in [0.1, 0.15) is 5.56 Å². The van der Waals surface area contributed by atoms with Crippen LogP contribution in [0.4, 0.5) is 5.69 Å². The van der Waals surface area contributed by atoms with Gasteiger partial charge in [0.2, 0.25) is 0 Å². The van der Waals surface area contributed by atoms with Crippen molar-refractivity contribution in [1.29, 1.82) is 0 Å². The average Bonchev–Trinajstić information content (AvgIpc) is 2.06. The van der Waals surface area contributed by atoms with Crippen molar-refractivity contribution >= 4 is 37.5 Å². The third-order valence-electron chi connectivity index (χ3n) is 1.67. The van der Waals surface area contributed by atoms with Gasteiger partial charge in [0, 0.05) is 21.2 Å². The molecule has 0 radical (unpaired) electrons. The van der Waals surface area contributed by atoms with Crippen LogP contribution in [0.3, 0.4) is 0 Å². The zero-order valence-electron chi connectivity index (χ0n) is 7.40. The van der Waals surface area contributed by atoms with Crippen molar-refractivity contribution < 1.29 is 0 Å². The van der Waals surface area contributed by atoms with Crippen LogP contribution in [-0.2, 0) is 0 Å². The van der Waals surface area contributed by atoms with Gasteiger partial charge in [-0.3, -0.25) is 0 Å². The molecule has 0 aliphatic rings. The minimum absolute atomic E-state index is 0.747. The van der Waals surface area contributed by atoms with Gasteiger partial charge in [-0.05, 0) is 24.6 Å². The molecule has 0 aliphatic carbocycles. The zero-order valence-corrected chi connectivity index (χ0v) is 10.6. The Labute approximate surface area is 95.5 Å². The molecule has 0 unspecified atom stereocenters. The van der Waals surface area contributed by atoms with Gasteiger partial charge in [0.15, 0.2) is 0 Å². The van der Waals surface area contributed by atoms with Crippen LogP contribution in [0.5, 0.6) is 0 Å². The zero-order chi connectivity index (χ0) is 9.84. The van der Waals surface area contributed by atoms with E-state index in [0.29, 0.717) is 0 Å².